The maximum Gasteiger partial charge on any atom is 0.245 e. The molecule has 1 aromatic carbocycles. The molecule has 5 heteroatoms. The van der Waals surface area contributed by atoms with E-state index in [1.807, 2.05) is 23.9 Å². The van der Waals surface area contributed by atoms with Crippen LogP contribution in [0.2, 0.25) is 0 Å². The van der Waals surface area contributed by atoms with Crippen molar-refractivity contribution in [1.82, 2.24) is 10.2 Å². The maximum atomic E-state index is 12.3. The van der Waals surface area contributed by atoms with E-state index in [-0.39, 0.29) is 17.9 Å². The van der Waals surface area contributed by atoms with Crippen LogP contribution in [-0.4, -0.2) is 41.1 Å². The van der Waals surface area contributed by atoms with E-state index < -0.39 is 6.04 Å². The van der Waals surface area contributed by atoms with Crippen LogP contribution in [0.5, 0.6) is 0 Å². The third-order valence-electron chi connectivity index (χ3n) is 4.08. The van der Waals surface area contributed by atoms with E-state index in [9.17, 15) is 9.59 Å². The molecule has 2 aliphatic rings. The molecule has 2 amide bonds. The zero-order chi connectivity index (χ0) is 14.3. The lowest BCUT2D eigenvalue weighted by Gasteiger charge is -2.37. The van der Waals surface area contributed by atoms with Gasteiger partial charge in [0.05, 0.1) is 0 Å². The summed E-state index contributed by atoms with van der Waals surface area (Å²) in [5.41, 5.74) is 1.30. The van der Waals surface area contributed by atoms with E-state index in [0.717, 1.165) is 5.75 Å². The van der Waals surface area contributed by atoms with Gasteiger partial charge in [-0.25, -0.2) is 0 Å². The molecule has 1 N–H and O–H groups in total. The molecule has 4 nitrogen and oxygen atoms in total. The smallest absolute Gasteiger partial charge is 0.245 e. The first-order chi connectivity index (χ1) is 9.58. The molecule has 3 atom stereocenters. The van der Waals surface area contributed by atoms with Gasteiger partial charge in [0.15, 0.2) is 0 Å². The number of carbonyl (C=O) groups is 2. The Morgan fingerprint density at radius 2 is 2.05 bits per heavy atom. The van der Waals surface area contributed by atoms with Gasteiger partial charge in [0.2, 0.25) is 11.8 Å². The fourth-order valence-electron chi connectivity index (χ4n) is 2.84. The second kappa shape index (κ2) is 5.13. The summed E-state index contributed by atoms with van der Waals surface area (Å²) >= 11 is 1.83. The average molecular weight is 290 g/mol. The fourth-order valence-corrected chi connectivity index (χ4v) is 4.08. The van der Waals surface area contributed by atoms with Gasteiger partial charge in [-0.3, -0.25) is 9.59 Å². The van der Waals surface area contributed by atoms with Gasteiger partial charge in [-0.05, 0) is 25.5 Å². The molecule has 3 rings (SSSR count). The Hall–Kier alpha value is -1.49. The molecule has 0 radical (unpaired) electrons. The van der Waals surface area contributed by atoms with Gasteiger partial charge in [0, 0.05) is 23.1 Å². The number of piperazine rings is 1. The van der Waals surface area contributed by atoms with E-state index >= 15 is 0 Å². The summed E-state index contributed by atoms with van der Waals surface area (Å²) in [6, 6.07) is 7.53. The number of carbonyl (C=O) groups excluding carboxylic acids is 2. The normalized spacial score (nSPS) is 29.3. The highest BCUT2D eigenvalue weighted by Crippen LogP contribution is 2.40. The summed E-state index contributed by atoms with van der Waals surface area (Å²) < 4.78 is 0. The Labute approximate surface area is 122 Å². The Morgan fingerprint density at radius 3 is 2.85 bits per heavy atom. The molecule has 3 unspecified atom stereocenters. The van der Waals surface area contributed by atoms with Gasteiger partial charge < -0.3 is 10.2 Å². The SMILES string of the molecule is CC1NC(=O)C(C)N(CC2CSc3ccccc32)C1=O. The van der Waals surface area contributed by atoms with Crippen LogP contribution in [0.3, 0.4) is 0 Å². The second-order valence-electron chi connectivity index (χ2n) is 5.44. The molecule has 2 heterocycles. The molecule has 20 heavy (non-hydrogen) atoms. The van der Waals surface area contributed by atoms with Gasteiger partial charge in [-0.2, -0.15) is 0 Å². The topological polar surface area (TPSA) is 49.4 Å². The maximum absolute atomic E-state index is 12.3. The molecule has 0 saturated carbocycles. The highest BCUT2D eigenvalue weighted by molar-refractivity contribution is 7.99. The summed E-state index contributed by atoms with van der Waals surface area (Å²) in [5.74, 6) is 1.26. The van der Waals surface area contributed by atoms with Crippen molar-refractivity contribution in [3.63, 3.8) is 0 Å². The van der Waals surface area contributed by atoms with Gasteiger partial charge in [-0.15, -0.1) is 11.8 Å². The van der Waals surface area contributed by atoms with Crippen LogP contribution in [0.15, 0.2) is 29.2 Å². The Kier molecular flexibility index (Phi) is 3.46. The van der Waals surface area contributed by atoms with Crippen LogP contribution in [0, 0.1) is 0 Å². The average Bonchev–Trinajstić information content (AvgIpc) is 2.85. The molecule has 0 aromatic heterocycles. The van der Waals surface area contributed by atoms with Crippen LogP contribution in [0.1, 0.15) is 25.3 Å². The molecule has 2 aliphatic heterocycles. The minimum absolute atomic E-state index is 0.0199. The molecule has 106 valence electrons. The molecular formula is C15H18N2O2S. The molecule has 1 fully saturated rings. The lowest BCUT2D eigenvalue weighted by atomic mass is 9.98. The van der Waals surface area contributed by atoms with Gasteiger partial charge in [0.1, 0.15) is 12.1 Å². The van der Waals surface area contributed by atoms with E-state index in [1.54, 1.807) is 18.7 Å². The van der Waals surface area contributed by atoms with Crippen LogP contribution >= 0.6 is 11.8 Å². The second-order valence-corrected chi connectivity index (χ2v) is 6.50. The monoisotopic (exact) mass is 290 g/mol. The van der Waals surface area contributed by atoms with Crippen molar-refractivity contribution < 1.29 is 9.59 Å². The third-order valence-corrected chi connectivity index (χ3v) is 5.33. The first kappa shape index (κ1) is 13.5. The highest BCUT2D eigenvalue weighted by Gasteiger charge is 2.38. The van der Waals surface area contributed by atoms with Gasteiger partial charge in [-0.1, -0.05) is 18.2 Å². The van der Waals surface area contributed by atoms with E-state index in [2.05, 4.69) is 17.4 Å². The summed E-state index contributed by atoms with van der Waals surface area (Å²) in [6.45, 7) is 4.17. The molecule has 0 aliphatic carbocycles. The van der Waals surface area contributed by atoms with Gasteiger partial charge in [0.25, 0.3) is 0 Å². The van der Waals surface area contributed by atoms with Gasteiger partial charge >= 0.3 is 0 Å². The Bertz CT molecular complexity index is 561. The first-order valence-corrected chi connectivity index (χ1v) is 7.89. The predicted octanol–water partition coefficient (Wildman–Crippen LogP) is 1.61. The van der Waals surface area contributed by atoms with Crippen LogP contribution in [-0.2, 0) is 9.59 Å². The largest absolute Gasteiger partial charge is 0.343 e. The number of hydrogen-bond acceptors (Lipinski definition) is 3. The number of nitrogens with zero attached hydrogens (tertiary/aromatic N) is 1. The van der Waals surface area contributed by atoms with E-state index in [0.29, 0.717) is 12.5 Å². The van der Waals surface area contributed by atoms with Crippen LogP contribution in [0.25, 0.3) is 0 Å². The minimum atomic E-state index is -0.414. The summed E-state index contributed by atoms with van der Waals surface area (Å²) in [5, 5.41) is 2.72. The zero-order valence-corrected chi connectivity index (χ0v) is 12.4. The standard InChI is InChI=1S/C15H18N2O2S/c1-9-15(19)17(10(2)14(18)16-9)7-11-8-20-13-6-4-3-5-12(11)13/h3-6,9-11H,7-8H2,1-2H3,(H,16,18). The van der Waals surface area contributed by atoms with Crippen molar-refractivity contribution in [2.75, 3.05) is 12.3 Å². The minimum Gasteiger partial charge on any atom is -0.343 e. The summed E-state index contributed by atoms with van der Waals surface area (Å²) in [7, 11) is 0. The number of rotatable bonds is 2. The number of hydrogen-bond donors (Lipinski definition) is 1. The molecule has 0 spiro atoms. The Balaban J connectivity index is 1.81. The number of amides is 2. The first-order valence-electron chi connectivity index (χ1n) is 6.90. The number of nitrogens with one attached hydrogen (secondary N) is 1. The zero-order valence-electron chi connectivity index (χ0n) is 11.6. The number of thioether (sulfide) groups is 1. The highest BCUT2D eigenvalue weighted by atomic mass is 32.2. The molecule has 1 aromatic rings. The van der Waals surface area contributed by atoms with Crippen molar-refractivity contribution in [2.45, 2.75) is 36.7 Å². The van der Waals surface area contributed by atoms with Crippen molar-refractivity contribution in [2.24, 2.45) is 0 Å². The quantitative estimate of drug-likeness (QED) is 0.900. The molecule has 1 saturated heterocycles. The van der Waals surface area contributed by atoms with Crippen LogP contribution in [0.4, 0.5) is 0 Å². The molecular weight excluding hydrogens is 272 g/mol. The van der Waals surface area contributed by atoms with E-state index in [4.69, 9.17) is 0 Å². The molecule has 0 bridgehead atoms. The Morgan fingerprint density at radius 1 is 1.30 bits per heavy atom. The number of benzene rings is 1. The van der Waals surface area contributed by atoms with Crippen molar-refractivity contribution in [1.29, 1.82) is 0 Å². The summed E-state index contributed by atoms with van der Waals surface area (Å²) in [4.78, 5) is 27.2. The lowest BCUT2D eigenvalue weighted by molar-refractivity contribution is -0.148. The van der Waals surface area contributed by atoms with Crippen molar-refractivity contribution >= 4 is 23.6 Å². The third kappa shape index (κ3) is 2.20. The van der Waals surface area contributed by atoms with Crippen molar-refractivity contribution in [3.8, 4) is 0 Å². The number of fused-ring (bicyclic) bond motifs is 1. The lowest BCUT2D eigenvalue weighted by Crippen LogP contribution is -2.62. The fraction of sp³-hybridized carbons (Fsp3) is 0.467. The summed E-state index contributed by atoms with van der Waals surface area (Å²) in [6.07, 6.45) is 0. The predicted molar refractivity (Wildman–Crippen MR) is 78.7 cm³/mol. The van der Waals surface area contributed by atoms with Crippen LogP contribution < -0.4 is 5.32 Å². The van der Waals surface area contributed by atoms with Crippen molar-refractivity contribution in [3.05, 3.63) is 29.8 Å². The van der Waals surface area contributed by atoms with E-state index in [1.165, 1.54) is 10.5 Å².